The number of nitrogens with zero attached hydrogens (tertiary/aromatic N) is 4. The third-order valence-corrected chi connectivity index (χ3v) is 8.96. The average Bonchev–Trinajstić information content (AvgIpc) is 3.68. The molecule has 2 amide bonds. The topological polar surface area (TPSA) is 130 Å². The minimum absolute atomic E-state index is 0.0716. The van der Waals surface area contributed by atoms with Gasteiger partial charge in [-0.1, -0.05) is 85.0 Å². The molecular formula is C39H39N5O5. The van der Waals surface area contributed by atoms with Crippen molar-refractivity contribution in [1.29, 1.82) is 0 Å². The number of rotatable bonds is 13. The maximum absolute atomic E-state index is 14.0. The number of carbonyl (C=O) groups excluding carboxylic acids is 2. The first-order chi connectivity index (χ1) is 23.8. The van der Waals surface area contributed by atoms with Crippen molar-refractivity contribution in [1.82, 2.24) is 15.0 Å². The summed E-state index contributed by atoms with van der Waals surface area (Å²) in [6.45, 7) is 2.53. The predicted octanol–water partition coefficient (Wildman–Crippen LogP) is 5.68. The Morgan fingerprint density at radius 3 is 2.51 bits per heavy atom. The minimum Gasteiger partial charge on any atom is -0.497 e. The number of ether oxygens (including phenoxy) is 1. The quantitative estimate of drug-likeness (QED) is 0.139. The van der Waals surface area contributed by atoms with Crippen LogP contribution in [0.15, 0.2) is 121 Å². The number of benzene rings is 4. The van der Waals surface area contributed by atoms with E-state index >= 15 is 0 Å². The molecule has 250 valence electrons. The molecule has 5 aromatic rings. The molecule has 1 aliphatic heterocycles. The highest BCUT2D eigenvalue weighted by atomic mass is 16.5. The summed E-state index contributed by atoms with van der Waals surface area (Å²) in [6, 6.07) is 31.2. The highest BCUT2D eigenvalue weighted by molar-refractivity contribution is 6.07. The molecule has 0 fully saturated rings. The molecule has 49 heavy (non-hydrogen) atoms. The zero-order chi connectivity index (χ0) is 34.4. The number of aromatic nitrogens is 3. The lowest BCUT2D eigenvalue weighted by Gasteiger charge is -2.27. The first kappa shape index (κ1) is 33.3. The van der Waals surface area contributed by atoms with Crippen molar-refractivity contribution < 1.29 is 24.5 Å². The van der Waals surface area contributed by atoms with Gasteiger partial charge in [0.15, 0.2) is 5.60 Å². The summed E-state index contributed by atoms with van der Waals surface area (Å²) in [5, 5.41) is 33.4. The highest BCUT2D eigenvalue weighted by Gasteiger charge is 2.52. The first-order valence-electron chi connectivity index (χ1n) is 16.2. The van der Waals surface area contributed by atoms with Gasteiger partial charge in [-0.15, -0.1) is 5.10 Å². The van der Waals surface area contributed by atoms with Crippen molar-refractivity contribution in [3.05, 3.63) is 149 Å². The van der Waals surface area contributed by atoms with Crippen molar-refractivity contribution in [3.8, 4) is 5.75 Å². The molecule has 2 heterocycles. The second kappa shape index (κ2) is 14.7. The van der Waals surface area contributed by atoms with Gasteiger partial charge in [0, 0.05) is 35.5 Å². The van der Waals surface area contributed by atoms with Gasteiger partial charge in [0.2, 0.25) is 0 Å². The molecule has 0 radical (unpaired) electrons. The van der Waals surface area contributed by atoms with Crippen LogP contribution in [-0.4, -0.2) is 50.7 Å². The lowest BCUT2D eigenvalue weighted by molar-refractivity contribution is -0.139. The lowest BCUT2D eigenvalue weighted by Crippen LogP contribution is -2.44. The molecule has 1 aromatic heterocycles. The number of hydrogen-bond donors (Lipinski definition) is 3. The summed E-state index contributed by atoms with van der Waals surface area (Å²) in [4.78, 5) is 28.5. The van der Waals surface area contributed by atoms with Crippen LogP contribution in [0, 0.1) is 5.92 Å². The number of aliphatic hydroxyl groups is 2. The van der Waals surface area contributed by atoms with Crippen molar-refractivity contribution in [3.63, 3.8) is 0 Å². The van der Waals surface area contributed by atoms with E-state index in [-0.39, 0.29) is 25.0 Å². The molecule has 0 aliphatic carbocycles. The van der Waals surface area contributed by atoms with E-state index in [0.29, 0.717) is 46.9 Å². The van der Waals surface area contributed by atoms with Gasteiger partial charge >= 0.3 is 0 Å². The van der Waals surface area contributed by atoms with Crippen LogP contribution in [0.1, 0.15) is 52.0 Å². The molecule has 1 unspecified atom stereocenters. The third kappa shape index (κ3) is 7.01. The normalized spacial score (nSPS) is 16.8. The molecule has 10 nitrogen and oxygen atoms in total. The van der Waals surface area contributed by atoms with Crippen molar-refractivity contribution >= 4 is 23.2 Å². The summed E-state index contributed by atoms with van der Waals surface area (Å²) >= 11 is 0. The van der Waals surface area contributed by atoms with Gasteiger partial charge in [-0.3, -0.25) is 14.3 Å². The Labute approximate surface area is 285 Å². The van der Waals surface area contributed by atoms with Crippen molar-refractivity contribution in [2.45, 2.75) is 38.0 Å². The second-order valence-corrected chi connectivity index (χ2v) is 12.1. The number of nitrogens with one attached hydrogen (secondary N) is 1. The van der Waals surface area contributed by atoms with E-state index in [1.165, 1.54) is 0 Å². The maximum atomic E-state index is 14.0. The smallest absolute Gasteiger partial charge is 0.264 e. The third-order valence-electron chi connectivity index (χ3n) is 8.96. The van der Waals surface area contributed by atoms with Crippen LogP contribution in [0.2, 0.25) is 0 Å². The van der Waals surface area contributed by atoms with Gasteiger partial charge in [0.1, 0.15) is 5.75 Å². The van der Waals surface area contributed by atoms with E-state index in [1.54, 1.807) is 53.1 Å². The number of allylic oxidation sites excluding steroid dienone is 1. The van der Waals surface area contributed by atoms with Crippen LogP contribution in [0.5, 0.6) is 5.75 Å². The van der Waals surface area contributed by atoms with E-state index in [4.69, 9.17) is 4.74 Å². The van der Waals surface area contributed by atoms with Gasteiger partial charge in [-0.05, 0) is 60.0 Å². The fourth-order valence-electron chi connectivity index (χ4n) is 6.22. The van der Waals surface area contributed by atoms with Gasteiger partial charge in [-0.25, -0.2) is 0 Å². The Bertz CT molecular complexity index is 1940. The van der Waals surface area contributed by atoms with E-state index < -0.39 is 17.4 Å². The fourth-order valence-corrected chi connectivity index (χ4v) is 6.22. The molecular weight excluding hydrogens is 618 g/mol. The molecule has 3 N–H and O–H groups in total. The molecule has 0 spiro atoms. The van der Waals surface area contributed by atoms with E-state index in [2.05, 4.69) is 15.6 Å². The standard InChI is InChI=1S/C39H39N5O5/c1-27(11-8-9-22-43-25-35(41-42-43)33(26-45)29-13-4-3-5-14-29)39(48)34-16-6-7-17-36(34)44(38(39)47)24-28-12-10-15-31(23-28)40-37(46)30-18-20-32(49-2)21-19-30/h3-8,10-21,23,25,27,33,45,48H,9,22,24,26H2,1-2H3,(H,40,46)/b11-8+/t27-,33?,39+/m1/s1. The van der Waals surface area contributed by atoms with Gasteiger partial charge < -0.3 is 25.2 Å². The van der Waals surface area contributed by atoms with Crippen LogP contribution in [0.4, 0.5) is 11.4 Å². The SMILES string of the molecule is COc1ccc(C(=O)Nc2cccc(CN3C(=O)[C@](O)([C@H](C)/C=C/CCn4cc(C(CO)c5ccccc5)nn4)c4ccccc43)c2)cc1. The summed E-state index contributed by atoms with van der Waals surface area (Å²) < 4.78 is 6.91. The molecule has 0 bridgehead atoms. The number of hydrogen-bond acceptors (Lipinski definition) is 7. The van der Waals surface area contributed by atoms with Crippen LogP contribution < -0.4 is 15.0 Å². The predicted molar refractivity (Wildman–Crippen MR) is 187 cm³/mol. The first-order valence-corrected chi connectivity index (χ1v) is 16.2. The average molecular weight is 658 g/mol. The summed E-state index contributed by atoms with van der Waals surface area (Å²) in [6.07, 6.45) is 6.25. The van der Waals surface area contributed by atoms with Gasteiger partial charge in [0.25, 0.3) is 11.8 Å². The number of aryl methyl sites for hydroxylation is 1. The van der Waals surface area contributed by atoms with E-state index in [9.17, 15) is 19.8 Å². The highest BCUT2D eigenvalue weighted by Crippen LogP contribution is 2.45. The summed E-state index contributed by atoms with van der Waals surface area (Å²) in [5.74, 6) is -0.781. The molecule has 3 atom stereocenters. The number of aliphatic hydroxyl groups excluding tert-OH is 1. The van der Waals surface area contributed by atoms with Crippen LogP contribution in [-0.2, 0) is 23.5 Å². The second-order valence-electron chi connectivity index (χ2n) is 12.1. The van der Waals surface area contributed by atoms with Crippen LogP contribution in [0.3, 0.4) is 0 Å². The molecule has 1 aliphatic rings. The van der Waals surface area contributed by atoms with E-state index in [1.807, 2.05) is 92.0 Å². The van der Waals surface area contributed by atoms with Crippen molar-refractivity contribution in [2.24, 2.45) is 5.92 Å². The number of carbonyl (C=O) groups is 2. The lowest BCUT2D eigenvalue weighted by atomic mass is 9.83. The number of methoxy groups -OCH3 is 1. The zero-order valence-corrected chi connectivity index (χ0v) is 27.4. The molecule has 4 aromatic carbocycles. The molecule has 10 heteroatoms. The fraction of sp³-hybridized carbons (Fsp3) is 0.231. The van der Waals surface area contributed by atoms with Gasteiger partial charge in [0.05, 0.1) is 37.6 Å². The molecule has 0 saturated carbocycles. The summed E-state index contributed by atoms with van der Waals surface area (Å²) in [7, 11) is 1.57. The van der Waals surface area contributed by atoms with E-state index in [0.717, 1.165) is 11.1 Å². The Morgan fingerprint density at radius 1 is 1.00 bits per heavy atom. The van der Waals surface area contributed by atoms with Crippen molar-refractivity contribution in [2.75, 3.05) is 23.9 Å². The summed E-state index contributed by atoms with van der Waals surface area (Å²) in [5.41, 5.74) is 3.00. The Balaban J connectivity index is 1.11. The van der Waals surface area contributed by atoms with Crippen LogP contribution in [0.25, 0.3) is 0 Å². The minimum atomic E-state index is -1.75. The molecule has 6 rings (SSSR count). The Morgan fingerprint density at radius 2 is 1.76 bits per heavy atom. The maximum Gasteiger partial charge on any atom is 0.264 e. The largest absolute Gasteiger partial charge is 0.497 e. The van der Waals surface area contributed by atoms with Crippen LogP contribution >= 0.6 is 0 Å². The number of para-hydroxylation sites is 1. The number of fused-ring (bicyclic) bond motifs is 1. The van der Waals surface area contributed by atoms with Gasteiger partial charge in [-0.2, -0.15) is 0 Å². The molecule has 0 saturated heterocycles. The Hall–Kier alpha value is -5.58. The number of anilines is 2. The zero-order valence-electron chi connectivity index (χ0n) is 27.4. The Kier molecular flexibility index (Phi) is 9.98. The number of amides is 2. The monoisotopic (exact) mass is 657 g/mol.